The SMILES string of the molecule is C=CCN1C(=O)C(C#N)=C(C)/C(=C\c2ccc(OCc3ccccc3Cl)cc2)C1=O. The van der Waals surface area contributed by atoms with Gasteiger partial charge in [0.05, 0.1) is 0 Å². The van der Waals surface area contributed by atoms with Gasteiger partial charge in [-0.05, 0) is 42.3 Å². The molecule has 1 heterocycles. The number of hydrogen-bond acceptors (Lipinski definition) is 4. The number of nitriles is 1. The van der Waals surface area contributed by atoms with Crippen molar-refractivity contribution in [1.82, 2.24) is 4.90 Å². The molecule has 1 aliphatic heterocycles. The van der Waals surface area contributed by atoms with Crippen LogP contribution < -0.4 is 4.74 Å². The van der Waals surface area contributed by atoms with Gasteiger partial charge in [0.25, 0.3) is 11.8 Å². The maximum atomic E-state index is 12.8. The number of nitrogens with zero attached hydrogens (tertiary/aromatic N) is 2. The lowest BCUT2D eigenvalue weighted by atomic mass is 9.93. The molecule has 2 amide bonds. The highest BCUT2D eigenvalue weighted by Crippen LogP contribution is 2.27. The summed E-state index contributed by atoms with van der Waals surface area (Å²) in [5, 5.41) is 9.99. The van der Waals surface area contributed by atoms with Gasteiger partial charge in [0.1, 0.15) is 24.0 Å². The monoisotopic (exact) mass is 418 g/mol. The minimum Gasteiger partial charge on any atom is -0.489 e. The summed E-state index contributed by atoms with van der Waals surface area (Å²) in [6.45, 7) is 5.56. The third-order valence-electron chi connectivity index (χ3n) is 4.68. The van der Waals surface area contributed by atoms with E-state index in [-0.39, 0.29) is 12.1 Å². The van der Waals surface area contributed by atoms with Gasteiger partial charge >= 0.3 is 0 Å². The Hall–Kier alpha value is -3.62. The van der Waals surface area contributed by atoms with E-state index in [4.69, 9.17) is 16.3 Å². The van der Waals surface area contributed by atoms with Crippen LogP contribution in [0.2, 0.25) is 5.02 Å². The first kappa shape index (κ1) is 21.1. The lowest BCUT2D eigenvalue weighted by molar-refractivity contribution is -0.139. The molecule has 150 valence electrons. The number of hydrogen-bond donors (Lipinski definition) is 0. The highest BCUT2D eigenvalue weighted by molar-refractivity contribution is 6.31. The first-order chi connectivity index (χ1) is 14.5. The number of amides is 2. The van der Waals surface area contributed by atoms with Gasteiger partial charge in [0.2, 0.25) is 0 Å². The molecule has 1 aliphatic rings. The zero-order chi connectivity index (χ0) is 21.7. The van der Waals surface area contributed by atoms with Gasteiger partial charge in [0.15, 0.2) is 0 Å². The van der Waals surface area contributed by atoms with Gasteiger partial charge in [-0.25, -0.2) is 0 Å². The average molecular weight is 419 g/mol. The Balaban J connectivity index is 1.83. The number of carbonyl (C=O) groups is 2. The van der Waals surface area contributed by atoms with E-state index in [1.807, 2.05) is 30.3 Å². The molecule has 2 aromatic carbocycles. The highest BCUT2D eigenvalue weighted by atomic mass is 35.5. The van der Waals surface area contributed by atoms with Crippen molar-refractivity contribution in [2.45, 2.75) is 13.5 Å². The van der Waals surface area contributed by atoms with Crippen LogP contribution in [0.1, 0.15) is 18.1 Å². The van der Waals surface area contributed by atoms with Crippen LogP contribution in [0.25, 0.3) is 6.08 Å². The van der Waals surface area contributed by atoms with E-state index in [9.17, 15) is 14.9 Å². The van der Waals surface area contributed by atoms with Crippen LogP contribution in [0.3, 0.4) is 0 Å². The topological polar surface area (TPSA) is 70.4 Å². The molecule has 0 saturated heterocycles. The van der Waals surface area contributed by atoms with Crippen LogP contribution in [0.15, 0.2) is 77.9 Å². The summed E-state index contributed by atoms with van der Waals surface area (Å²) < 4.78 is 5.77. The smallest absolute Gasteiger partial charge is 0.271 e. The van der Waals surface area contributed by atoms with Gasteiger partial charge in [-0.2, -0.15) is 5.26 Å². The van der Waals surface area contributed by atoms with Gasteiger partial charge < -0.3 is 4.74 Å². The van der Waals surface area contributed by atoms with Crippen molar-refractivity contribution in [3.63, 3.8) is 0 Å². The van der Waals surface area contributed by atoms with Crippen LogP contribution in [-0.4, -0.2) is 23.3 Å². The maximum absolute atomic E-state index is 12.8. The molecule has 0 fully saturated rings. The van der Waals surface area contributed by atoms with Crippen molar-refractivity contribution in [2.24, 2.45) is 0 Å². The molecule has 0 atom stereocenters. The molecule has 0 aromatic heterocycles. The molecule has 6 heteroatoms. The first-order valence-corrected chi connectivity index (χ1v) is 9.60. The summed E-state index contributed by atoms with van der Waals surface area (Å²) in [4.78, 5) is 26.1. The molecule has 30 heavy (non-hydrogen) atoms. The summed E-state index contributed by atoms with van der Waals surface area (Å²) in [5.74, 6) is -0.392. The molecule has 0 bridgehead atoms. The van der Waals surface area contributed by atoms with E-state index in [2.05, 4.69) is 6.58 Å². The van der Waals surface area contributed by atoms with E-state index in [0.717, 1.165) is 16.0 Å². The summed E-state index contributed by atoms with van der Waals surface area (Å²) in [7, 11) is 0. The van der Waals surface area contributed by atoms with Crippen molar-refractivity contribution < 1.29 is 14.3 Å². The Morgan fingerprint density at radius 1 is 1.13 bits per heavy atom. The molecular weight excluding hydrogens is 400 g/mol. The Labute approximate surface area is 180 Å². The molecule has 3 rings (SSSR count). The third kappa shape index (κ3) is 4.35. The van der Waals surface area contributed by atoms with Gasteiger partial charge in [-0.1, -0.05) is 48.0 Å². The Morgan fingerprint density at radius 3 is 2.47 bits per heavy atom. The number of ether oxygens (including phenoxy) is 1. The molecule has 0 saturated carbocycles. The fourth-order valence-electron chi connectivity index (χ4n) is 3.03. The van der Waals surface area contributed by atoms with Crippen LogP contribution in [-0.2, 0) is 16.2 Å². The van der Waals surface area contributed by atoms with Crippen molar-refractivity contribution >= 4 is 29.5 Å². The van der Waals surface area contributed by atoms with E-state index >= 15 is 0 Å². The molecule has 0 radical (unpaired) electrons. The molecule has 2 aromatic rings. The largest absolute Gasteiger partial charge is 0.489 e. The van der Waals surface area contributed by atoms with Gasteiger partial charge in [-0.3, -0.25) is 14.5 Å². The number of carbonyl (C=O) groups excluding carboxylic acids is 2. The highest BCUT2D eigenvalue weighted by Gasteiger charge is 2.34. The van der Waals surface area contributed by atoms with Crippen LogP contribution >= 0.6 is 11.6 Å². The van der Waals surface area contributed by atoms with E-state index in [0.29, 0.717) is 28.5 Å². The summed E-state index contributed by atoms with van der Waals surface area (Å²) in [6, 6.07) is 16.5. The fourth-order valence-corrected chi connectivity index (χ4v) is 3.22. The number of halogens is 1. The maximum Gasteiger partial charge on any atom is 0.271 e. The lowest BCUT2D eigenvalue weighted by Crippen LogP contribution is -2.42. The van der Waals surface area contributed by atoms with E-state index in [1.165, 1.54) is 6.08 Å². The summed E-state index contributed by atoms with van der Waals surface area (Å²) in [6.07, 6.45) is 3.11. The normalized spacial score (nSPS) is 15.4. The van der Waals surface area contributed by atoms with Crippen molar-refractivity contribution in [3.05, 3.63) is 94.1 Å². The molecule has 0 N–H and O–H groups in total. The minimum atomic E-state index is -0.597. The average Bonchev–Trinajstić information content (AvgIpc) is 2.75. The number of rotatable bonds is 6. The second kappa shape index (κ2) is 9.25. The van der Waals surface area contributed by atoms with Crippen molar-refractivity contribution in [2.75, 3.05) is 6.54 Å². The quantitative estimate of drug-likeness (QED) is 0.387. The second-order valence-corrected chi connectivity index (χ2v) is 7.04. The Bertz CT molecular complexity index is 1110. The van der Waals surface area contributed by atoms with Crippen LogP contribution in [0, 0.1) is 11.3 Å². The lowest BCUT2D eigenvalue weighted by Gasteiger charge is -2.26. The molecular formula is C24H19ClN2O3. The molecule has 5 nitrogen and oxygen atoms in total. The molecule has 0 spiro atoms. The van der Waals surface area contributed by atoms with Crippen LogP contribution in [0.5, 0.6) is 5.75 Å². The predicted molar refractivity (Wildman–Crippen MR) is 115 cm³/mol. The zero-order valence-corrected chi connectivity index (χ0v) is 17.1. The fraction of sp³-hybridized carbons (Fsp3) is 0.125. The van der Waals surface area contributed by atoms with E-state index in [1.54, 1.807) is 37.3 Å². The Kier molecular flexibility index (Phi) is 6.51. The molecule has 0 unspecified atom stereocenters. The Morgan fingerprint density at radius 2 is 1.83 bits per heavy atom. The minimum absolute atomic E-state index is 0.0395. The van der Waals surface area contributed by atoms with Crippen LogP contribution in [0.4, 0.5) is 0 Å². The first-order valence-electron chi connectivity index (χ1n) is 9.22. The zero-order valence-electron chi connectivity index (χ0n) is 16.4. The van der Waals surface area contributed by atoms with E-state index < -0.39 is 11.8 Å². The summed E-state index contributed by atoms with van der Waals surface area (Å²) >= 11 is 6.14. The van der Waals surface area contributed by atoms with Gasteiger partial charge in [-0.15, -0.1) is 6.58 Å². The molecule has 0 aliphatic carbocycles. The van der Waals surface area contributed by atoms with Crippen molar-refractivity contribution in [1.29, 1.82) is 5.26 Å². The third-order valence-corrected chi connectivity index (χ3v) is 5.05. The number of benzene rings is 2. The standard InChI is InChI=1S/C24H19ClN2O3/c1-3-12-27-23(28)20(16(2)21(14-26)24(27)29)13-17-8-10-19(11-9-17)30-15-18-6-4-5-7-22(18)25/h3-11,13H,1,12,15H2,2H3/b20-13+. The van der Waals surface area contributed by atoms with Crippen molar-refractivity contribution in [3.8, 4) is 11.8 Å². The van der Waals surface area contributed by atoms with Gasteiger partial charge in [0, 0.05) is 22.7 Å². The second-order valence-electron chi connectivity index (χ2n) is 6.63. The predicted octanol–water partition coefficient (Wildman–Crippen LogP) is 4.70. The number of imide groups is 1. The summed E-state index contributed by atoms with van der Waals surface area (Å²) in [5.41, 5.74) is 2.26.